The third-order valence-corrected chi connectivity index (χ3v) is 3.47. The van der Waals surface area contributed by atoms with Crippen LogP contribution in [0.5, 0.6) is 11.5 Å². The molecule has 2 aromatic rings. The number of aryl methyl sites for hydroxylation is 2. The molecule has 0 fully saturated rings. The summed E-state index contributed by atoms with van der Waals surface area (Å²) in [6.45, 7) is 8.99. The standard InChI is InChI=1S/C19H25NO2/c1-13(2)22-18-9-8-16(11-19(18)21-5)12-20-17-10-14(3)6-7-15(17)4/h6-11,13,20H,12H2,1-5H3. The van der Waals surface area contributed by atoms with Gasteiger partial charge in [0.25, 0.3) is 0 Å². The Hall–Kier alpha value is -2.16. The predicted octanol–water partition coefficient (Wildman–Crippen LogP) is 4.71. The molecular formula is C19H25NO2. The monoisotopic (exact) mass is 299 g/mol. The van der Waals surface area contributed by atoms with Gasteiger partial charge in [-0.25, -0.2) is 0 Å². The van der Waals surface area contributed by atoms with Crippen LogP contribution in [0.25, 0.3) is 0 Å². The van der Waals surface area contributed by atoms with E-state index in [1.165, 1.54) is 16.8 Å². The molecule has 0 heterocycles. The second kappa shape index (κ2) is 7.21. The fourth-order valence-corrected chi connectivity index (χ4v) is 2.30. The molecular weight excluding hydrogens is 274 g/mol. The predicted molar refractivity (Wildman–Crippen MR) is 92.0 cm³/mol. The van der Waals surface area contributed by atoms with Crippen LogP contribution >= 0.6 is 0 Å². The first-order valence-electron chi connectivity index (χ1n) is 7.64. The van der Waals surface area contributed by atoms with Crippen molar-refractivity contribution in [2.24, 2.45) is 0 Å². The van der Waals surface area contributed by atoms with Gasteiger partial charge < -0.3 is 14.8 Å². The summed E-state index contributed by atoms with van der Waals surface area (Å²) in [5, 5.41) is 3.49. The molecule has 0 aliphatic carbocycles. The fraction of sp³-hybridized carbons (Fsp3) is 0.368. The number of rotatable bonds is 6. The number of anilines is 1. The number of nitrogens with one attached hydrogen (secondary N) is 1. The lowest BCUT2D eigenvalue weighted by Crippen LogP contribution is -2.07. The zero-order valence-corrected chi connectivity index (χ0v) is 14.1. The third-order valence-electron chi connectivity index (χ3n) is 3.47. The highest BCUT2D eigenvalue weighted by atomic mass is 16.5. The Morgan fingerprint density at radius 2 is 1.77 bits per heavy atom. The van der Waals surface area contributed by atoms with Gasteiger partial charge >= 0.3 is 0 Å². The van der Waals surface area contributed by atoms with Crippen molar-refractivity contribution in [2.45, 2.75) is 40.3 Å². The summed E-state index contributed by atoms with van der Waals surface area (Å²) in [5.74, 6) is 1.56. The molecule has 0 saturated carbocycles. The number of hydrogen-bond donors (Lipinski definition) is 1. The van der Waals surface area contributed by atoms with E-state index in [-0.39, 0.29) is 6.10 Å². The van der Waals surface area contributed by atoms with Crippen molar-refractivity contribution in [1.29, 1.82) is 0 Å². The van der Waals surface area contributed by atoms with E-state index in [1.807, 2.05) is 26.0 Å². The first-order chi connectivity index (χ1) is 10.5. The molecule has 0 unspecified atom stereocenters. The molecule has 2 rings (SSSR count). The Labute approximate surface area is 133 Å². The molecule has 118 valence electrons. The Kier molecular flexibility index (Phi) is 5.31. The molecule has 0 spiro atoms. The topological polar surface area (TPSA) is 30.5 Å². The highest BCUT2D eigenvalue weighted by Gasteiger charge is 2.08. The maximum atomic E-state index is 5.74. The van der Waals surface area contributed by atoms with E-state index in [2.05, 4.69) is 43.4 Å². The molecule has 0 bridgehead atoms. The number of hydrogen-bond acceptors (Lipinski definition) is 3. The van der Waals surface area contributed by atoms with Crippen LogP contribution in [-0.4, -0.2) is 13.2 Å². The lowest BCUT2D eigenvalue weighted by molar-refractivity contribution is 0.230. The van der Waals surface area contributed by atoms with Crippen LogP contribution in [-0.2, 0) is 6.54 Å². The lowest BCUT2D eigenvalue weighted by Gasteiger charge is -2.15. The van der Waals surface area contributed by atoms with Gasteiger partial charge in [0.05, 0.1) is 13.2 Å². The van der Waals surface area contributed by atoms with Gasteiger partial charge in [-0.1, -0.05) is 18.2 Å². The average Bonchev–Trinajstić information content (AvgIpc) is 2.48. The minimum atomic E-state index is 0.132. The van der Waals surface area contributed by atoms with Crippen molar-refractivity contribution in [3.8, 4) is 11.5 Å². The van der Waals surface area contributed by atoms with E-state index in [0.29, 0.717) is 0 Å². The van der Waals surface area contributed by atoms with Gasteiger partial charge in [0.1, 0.15) is 0 Å². The van der Waals surface area contributed by atoms with Crippen LogP contribution in [0.2, 0.25) is 0 Å². The molecule has 0 radical (unpaired) electrons. The molecule has 0 amide bonds. The highest BCUT2D eigenvalue weighted by molar-refractivity contribution is 5.53. The molecule has 3 nitrogen and oxygen atoms in total. The summed E-state index contributed by atoms with van der Waals surface area (Å²) in [7, 11) is 1.67. The number of methoxy groups -OCH3 is 1. The van der Waals surface area contributed by atoms with Gasteiger partial charge in [0.2, 0.25) is 0 Å². The summed E-state index contributed by atoms with van der Waals surface area (Å²) in [6.07, 6.45) is 0.132. The Morgan fingerprint density at radius 1 is 1.00 bits per heavy atom. The zero-order chi connectivity index (χ0) is 16.1. The first-order valence-corrected chi connectivity index (χ1v) is 7.64. The van der Waals surface area contributed by atoms with Gasteiger partial charge in [-0.3, -0.25) is 0 Å². The molecule has 1 N–H and O–H groups in total. The Balaban J connectivity index is 2.11. The van der Waals surface area contributed by atoms with Gasteiger partial charge in [-0.15, -0.1) is 0 Å². The van der Waals surface area contributed by atoms with Crippen molar-refractivity contribution in [2.75, 3.05) is 12.4 Å². The summed E-state index contributed by atoms with van der Waals surface area (Å²) in [5.41, 5.74) is 4.83. The SMILES string of the molecule is COc1cc(CNc2cc(C)ccc2C)ccc1OC(C)C. The molecule has 22 heavy (non-hydrogen) atoms. The quantitative estimate of drug-likeness (QED) is 0.838. The maximum absolute atomic E-state index is 5.74. The summed E-state index contributed by atoms with van der Waals surface area (Å²) < 4.78 is 11.2. The van der Waals surface area contributed by atoms with Crippen molar-refractivity contribution in [3.05, 3.63) is 53.1 Å². The number of benzene rings is 2. The van der Waals surface area contributed by atoms with E-state index >= 15 is 0 Å². The molecule has 0 saturated heterocycles. The van der Waals surface area contributed by atoms with Crippen molar-refractivity contribution >= 4 is 5.69 Å². The molecule has 0 aliphatic heterocycles. The average molecular weight is 299 g/mol. The Morgan fingerprint density at radius 3 is 2.45 bits per heavy atom. The van der Waals surface area contributed by atoms with E-state index in [4.69, 9.17) is 9.47 Å². The molecule has 0 atom stereocenters. The van der Waals surface area contributed by atoms with Gasteiger partial charge in [0, 0.05) is 12.2 Å². The Bertz CT molecular complexity index is 635. The normalized spacial score (nSPS) is 10.6. The van der Waals surface area contributed by atoms with E-state index in [9.17, 15) is 0 Å². The van der Waals surface area contributed by atoms with Gasteiger partial charge in [0.15, 0.2) is 11.5 Å². The minimum Gasteiger partial charge on any atom is -0.493 e. The summed E-state index contributed by atoms with van der Waals surface area (Å²) in [6, 6.07) is 12.5. The fourth-order valence-electron chi connectivity index (χ4n) is 2.30. The maximum Gasteiger partial charge on any atom is 0.161 e. The van der Waals surface area contributed by atoms with Gasteiger partial charge in [-0.2, -0.15) is 0 Å². The minimum absolute atomic E-state index is 0.132. The van der Waals surface area contributed by atoms with Crippen molar-refractivity contribution in [1.82, 2.24) is 0 Å². The second-order valence-electron chi connectivity index (χ2n) is 5.82. The van der Waals surface area contributed by atoms with Crippen LogP contribution in [0.3, 0.4) is 0 Å². The van der Waals surface area contributed by atoms with E-state index in [1.54, 1.807) is 7.11 Å². The van der Waals surface area contributed by atoms with Crippen molar-refractivity contribution in [3.63, 3.8) is 0 Å². The van der Waals surface area contributed by atoms with Gasteiger partial charge in [-0.05, 0) is 62.6 Å². The molecule has 0 aromatic heterocycles. The first kappa shape index (κ1) is 16.2. The smallest absolute Gasteiger partial charge is 0.161 e. The van der Waals surface area contributed by atoms with Crippen LogP contribution in [0.15, 0.2) is 36.4 Å². The van der Waals surface area contributed by atoms with E-state index < -0.39 is 0 Å². The third kappa shape index (κ3) is 4.17. The van der Waals surface area contributed by atoms with Crippen LogP contribution in [0.4, 0.5) is 5.69 Å². The van der Waals surface area contributed by atoms with Crippen LogP contribution < -0.4 is 14.8 Å². The second-order valence-corrected chi connectivity index (χ2v) is 5.82. The van der Waals surface area contributed by atoms with Crippen LogP contribution in [0.1, 0.15) is 30.5 Å². The molecule has 3 heteroatoms. The van der Waals surface area contributed by atoms with E-state index in [0.717, 1.165) is 23.6 Å². The summed E-state index contributed by atoms with van der Waals surface area (Å²) >= 11 is 0. The summed E-state index contributed by atoms with van der Waals surface area (Å²) in [4.78, 5) is 0. The molecule has 2 aromatic carbocycles. The lowest BCUT2D eigenvalue weighted by atomic mass is 10.1. The highest BCUT2D eigenvalue weighted by Crippen LogP contribution is 2.29. The van der Waals surface area contributed by atoms with Crippen LogP contribution in [0, 0.1) is 13.8 Å². The number of ether oxygens (including phenoxy) is 2. The largest absolute Gasteiger partial charge is 0.493 e. The van der Waals surface area contributed by atoms with Crippen molar-refractivity contribution < 1.29 is 9.47 Å². The zero-order valence-electron chi connectivity index (χ0n) is 14.1. The molecule has 0 aliphatic rings.